The molecule has 2 aromatic carbocycles. The number of rotatable bonds is 1. The van der Waals surface area contributed by atoms with E-state index in [9.17, 15) is 0 Å². The van der Waals surface area contributed by atoms with Crippen molar-refractivity contribution in [2.24, 2.45) is 5.73 Å². The van der Waals surface area contributed by atoms with Gasteiger partial charge in [0, 0.05) is 6.04 Å². The van der Waals surface area contributed by atoms with Gasteiger partial charge in [0.05, 0.1) is 0 Å². The van der Waals surface area contributed by atoms with E-state index in [-0.39, 0.29) is 18.4 Å². The number of benzene rings is 2. The number of halogens is 1. The second-order valence-electron chi connectivity index (χ2n) is 4.42. The zero-order valence-electron chi connectivity index (χ0n) is 9.60. The summed E-state index contributed by atoms with van der Waals surface area (Å²) in [5, 5.41) is 0. The van der Waals surface area contributed by atoms with Crippen LogP contribution >= 0.6 is 12.4 Å². The van der Waals surface area contributed by atoms with Gasteiger partial charge < -0.3 is 5.73 Å². The summed E-state index contributed by atoms with van der Waals surface area (Å²) in [7, 11) is 0. The molecule has 1 aliphatic rings. The van der Waals surface area contributed by atoms with Gasteiger partial charge in [-0.15, -0.1) is 12.4 Å². The first-order chi connectivity index (χ1) is 7.84. The molecule has 1 atom stereocenters. The van der Waals surface area contributed by atoms with Crippen LogP contribution in [0.5, 0.6) is 0 Å². The van der Waals surface area contributed by atoms with Gasteiger partial charge in [-0.2, -0.15) is 0 Å². The first-order valence-corrected chi connectivity index (χ1v) is 5.78. The molecule has 88 valence electrons. The molecule has 0 saturated carbocycles. The molecule has 3 rings (SSSR count). The molecule has 0 radical (unpaired) electrons. The van der Waals surface area contributed by atoms with E-state index < -0.39 is 0 Å². The number of fused-ring (bicyclic) bond motifs is 1. The van der Waals surface area contributed by atoms with Gasteiger partial charge >= 0.3 is 0 Å². The first-order valence-electron chi connectivity index (χ1n) is 5.78. The molecule has 0 amide bonds. The number of hydrogen-bond donors (Lipinski definition) is 1. The van der Waals surface area contributed by atoms with Crippen molar-refractivity contribution < 1.29 is 0 Å². The van der Waals surface area contributed by atoms with Crippen LogP contribution in [-0.2, 0) is 6.42 Å². The van der Waals surface area contributed by atoms with Crippen LogP contribution in [0.3, 0.4) is 0 Å². The van der Waals surface area contributed by atoms with Crippen molar-refractivity contribution in [3.05, 3.63) is 59.7 Å². The van der Waals surface area contributed by atoms with E-state index >= 15 is 0 Å². The fraction of sp³-hybridized carbons (Fsp3) is 0.200. The van der Waals surface area contributed by atoms with Gasteiger partial charge in [-0.05, 0) is 41.2 Å². The Labute approximate surface area is 108 Å². The molecule has 1 unspecified atom stereocenters. The summed E-state index contributed by atoms with van der Waals surface area (Å²) < 4.78 is 0. The highest BCUT2D eigenvalue weighted by Crippen LogP contribution is 2.32. The molecule has 0 bridgehead atoms. The van der Waals surface area contributed by atoms with Gasteiger partial charge in [0.1, 0.15) is 0 Å². The van der Waals surface area contributed by atoms with E-state index in [2.05, 4.69) is 42.5 Å². The van der Waals surface area contributed by atoms with Crippen LogP contribution in [0.2, 0.25) is 0 Å². The molecule has 0 saturated heterocycles. The van der Waals surface area contributed by atoms with Crippen LogP contribution in [0, 0.1) is 0 Å². The summed E-state index contributed by atoms with van der Waals surface area (Å²) in [6, 6.07) is 17.4. The van der Waals surface area contributed by atoms with Crippen molar-refractivity contribution in [1.82, 2.24) is 0 Å². The Morgan fingerprint density at radius 1 is 0.941 bits per heavy atom. The van der Waals surface area contributed by atoms with Gasteiger partial charge in [0.15, 0.2) is 0 Å². The normalized spacial score (nSPS) is 17.4. The van der Waals surface area contributed by atoms with E-state index in [1.165, 1.54) is 22.3 Å². The summed E-state index contributed by atoms with van der Waals surface area (Å²) >= 11 is 0. The highest BCUT2D eigenvalue weighted by Gasteiger charge is 2.18. The Kier molecular flexibility index (Phi) is 3.51. The minimum atomic E-state index is 0. The summed E-state index contributed by atoms with van der Waals surface area (Å²) in [4.78, 5) is 0. The van der Waals surface area contributed by atoms with Crippen LogP contribution in [0.4, 0.5) is 0 Å². The van der Waals surface area contributed by atoms with Crippen LogP contribution in [-0.4, -0.2) is 0 Å². The predicted octanol–water partition coefficient (Wildman–Crippen LogP) is 3.72. The molecular formula is C15H16ClN. The second kappa shape index (κ2) is 4.91. The summed E-state index contributed by atoms with van der Waals surface area (Å²) in [6.45, 7) is 0. The van der Waals surface area contributed by atoms with Crippen molar-refractivity contribution in [3.8, 4) is 11.1 Å². The van der Waals surface area contributed by atoms with E-state index in [0.717, 1.165) is 12.8 Å². The van der Waals surface area contributed by atoms with E-state index in [4.69, 9.17) is 5.73 Å². The molecule has 0 aliphatic heterocycles. The zero-order chi connectivity index (χ0) is 11.0. The Hall–Kier alpha value is -1.31. The molecule has 2 heteroatoms. The van der Waals surface area contributed by atoms with Crippen LogP contribution < -0.4 is 5.73 Å². The summed E-state index contributed by atoms with van der Waals surface area (Å²) in [5.74, 6) is 0. The maximum atomic E-state index is 6.09. The largest absolute Gasteiger partial charge is 0.324 e. The molecule has 0 spiro atoms. The van der Waals surface area contributed by atoms with Crippen LogP contribution in [0.15, 0.2) is 48.5 Å². The fourth-order valence-electron chi connectivity index (χ4n) is 2.44. The summed E-state index contributed by atoms with van der Waals surface area (Å²) in [6.07, 6.45) is 2.22. The van der Waals surface area contributed by atoms with Crippen molar-refractivity contribution in [2.45, 2.75) is 18.9 Å². The molecule has 2 aromatic rings. The van der Waals surface area contributed by atoms with E-state index in [0.29, 0.717) is 0 Å². The SMILES string of the molecule is Cl.NC1CCc2ccc(-c3ccccc3)cc21. The molecule has 1 aliphatic carbocycles. The third kappa shape index (κ3) is 2.21. The lowest BCUT2D eigenvalue weighted by Crippen LogP contribution is -2.05. The van der Waals surface area contributed by atoms with Gasteiger partial charge in [-0.3, -0.25) is 0 Å². The quantitative estimate of drug-likeness (QED) is 0.814. The lowest BCUT2D eigenvalue weighted by atomic mass is 10.00. The molecule has 2 N–H and O–H groups in total. The molecule has 0 heterocycles. The number of nitrogens with two attached hydrogens (primary N) is 1. The minimum absolute atomic E-state index is 0. The molecule has 17 heavy (non-hydrogen) atoms. The highest BCUT2D eigenvalue weighted by molar-refractivity contribution is 5.85. The van der Waals surface area contributed by atoms with Gasteiger partial charge in [-0.25, -0.2) is 0 Å². The van der Waals surface area contributed by atoms with Crippen LogP contribution in [0.1, 0.15) is 23.6 Å². The predicted molar refractivity (Wildman–Crippen MR) is 74.4 cm³/mol. The highest BCUT2D eigenvalue weighted by atomic mass is 35.5. The molecular weight excluding hydrogens is 230 g/mol. The number of hydrogen-bond acceptors (Lipinski definition) is 1. The topological polar surface area (TPSA) is 26.0 Å². The Balaban J connectivity index is 0.00000108. The average molecular weight is 246 g/mol. The van der Waals surface area contributed by atoms with Crippen molar-refractivity contribution in [2.75, 3.05) is 0 Å². The van der Waals surface area contributed by atoms with Crippen molar-refractivity contribution in [3.63, 3.8) is 0 Å². The Morgan fingerprint density at radius 3 is 2.47 bits per heavy atom. The molecule has 1 nitrogen and oxygen atoms in total. The monoisotopic (exact) mass is 245 g/mol. The lowest BCUT2D eigenvalue weighted by molar-refractivity contribution is 0.713. The number of aryl methyl sites for hydroxylation is 1. The third-order valence-electron chi connectivity index (χ3n) is 3.38. The fourth-order valence-corrected chi connectivity index (χ4v) is 2.44. The van der Waals surface area contributed by atoms with Gasteiger partial charge in [0.25, 0.3) is 0 Å². The second-order valence-corrected chi connectivity index (χ2v) is 4.42. The Bertz CT molecular complexity index is 508. The Morgan fingerprint density at radius 2 is 1.71 bits per heavy atom. The lowest BCUT2D eigenvalue weighted by Gasteiger charge is -2.08. The van der Waals surface area contributed by atoms with Crippen molar-refractivity contribution >= 4 is 12.4 Å². The van der Waals surface area contributed by atoms with E-state index in [1.807, 2.05) is 6.07 Å². The van der Waals surface area contributed by atoms with E-state index in [1.54, 1.807) is 0 Å². The van der Waals surface area contributed by atoms with Crippen LogP contribution in [0.25, 0.3) is 11.1 Å². The smallest absolute Gasteiger partial charge is 0.0300 e. The third-order valence-corrected chi connectivity index (χ3v) is 3.38. The van der Waals surface area contributed by atoms with Gasteiger partial charge in [-0.1, -0.05) is 42.5 Å². The summed E-state index contributed by atoms with van der Waals surface area (Å²) in [5.41, 5.74) is 11.4. The first kappa shape index (κ1) is 12.2. The maximum absolute atomic E-state index is 6.09. The average Bonchev–Trinajstić information content (AvgIpc) is 2.72. The zero-order valence-corrected chi connectivity index (χ0v) is 10.4. The van der Waals surface area contributed by atoms with Crippen molar-refractivity contribution in [1.29, 1.82) is 0 Å². The minimum Gasteiger partial charge on any atom is -0.324 e. The molecule has 0 aromatic heterocycles. The maximum Gasteiger partial charge on any atom is 0.0300 e. The van der Waals surface area contributed by atoms with Gasteiger partial charge in [0.2, 0.25) is 0 Å². The molecule has 0 fully saturated rings. The standard InChI is InChI=1S/C15H15N.ClH/c16-15-9-8-12-6-7-13(10-14(12)15)11-4-2-1-3-5-11;/h1-7,10,15H,8-9,16H2;1H.